The lowest BCUT2D eigenvalue weighted by molar-refractivity contribution is -0.112. The van der Waals surface area contributed by atoms with Crippen molar-refractivity contribution in [2.24, 2.45) is 0 Å². The number of ketones is 1. The number of halogens is 2. The maximum Gasteiger partial charge on any atom is 0.248 e. The van der Waals surface area contributed by atoms with E-state index in [0.717, 1.165) is 11.4 Å². The van der Waals surface area contributed by atoms with Crippen LogP contribution in [0, 0.1) is 6.92 Å². The topological polar surface area (TPSA) is 58.1 Å². The number of carbonyl (C=O) groups excluding carboxylic acids is 1. The van der Waals surface area contributed by atoms with Crippen molar-refractivity contribution in [2.75, 3.05) is 16.8 Å². The third-order valence-electron chi connectivity index (χ3n) is 4.26. The molecule has 1 N–H and O–H groups in total. The first-order chi connectivity index (χ1) is 10.8. The van der Waals surface area contributed by atoms with Gasteiger partial charge in [0.1, 0.15) is 5.82 Å². The van der Waals surface area contributed by atoms with Crippen molar-refractivity contribution in [1.82, 2.24) is 9.97 Å². The van der Waals surface area contributed by atoms with Crippen molar-refractivity contribution < 1.29 is 13.6 Å². The number of hydrogen-bond acceptors (Lipinski definition) is 5. The van der Waals surface area contributed by atoms with Gasteiger partial charge in [-0.2, -0.15) is 4.98 Å². The van der Waals surface area contributed by atoms with E-state index in [9.17, 15) is 13.6 Å². The minimum absolute atomic E-state index is 0.00590. The minimum atomic E-state index is -2.54. The summed E-state index contributed by atoms with van der Waals surface area (Å²) in [6.45, 7) is 3.93. The van der Waals surface area contributed by atoms with E-state index in [1.54, 1.807) is 17.0 Å². The Morgan fingerprint density at radius 3 is 2.57 bits per heavy atom. The molecule has 1 aromatic rings. The Morgan fingerprint density at radius 1 is 1.26 bits per heavy atom. The molecule has 1 aromatic heterocycles. The fourth-order valence-corrected chi connectivity index (χ4v) is 3.01. The highest BCUT2D eigenvalue weighted by Crippen LogP contribution is 2.34. The monoisotopic (exact) mass is 322 g/mol. The molecule has 7 heteroatoms. The molecule has 3 rings (SSSR count). The number of aryl methyl sites for hydroxylation is 1. The molecular weight excluding hydrogens is 302 g/mol. The first-order valence-corrected chi connectivity index (χ1v) is 7.81. The van der Waals surface area contributed by atoms with Crippen LogP contribution in [0.2, 0.25) is 0 Å². The lowest BCUT2D eigenvalue weighted by atomic mass is 9.92. The number of hydrogen-bond donors (Lipinski definition) is 1. The molecule has 1 aliphatic heterocycles. The maximum absolute atomic E-state index is 13.2. The van der Waals surface area contributed by atoms with Gasteiger partial charge in [-0.05, 0) is 26.7 Å². The van der Waals surface area contributed by atoms with Crippen LogP contribution in [0.3, 0.4) is 0 Å². The van der Waals surface area contributed by atoms with E-state index >= 15 is 0 Å². The smallest absolute Gasteiger partial charge is 0.248 e. The highest BCUT2D eigenvalue weighted by atomic mass is 19.3. The molecule has 0 spiro atoms. The molecule has 5 nitrogen and oxygen atoms in total. The molecule has 1 aliphatic carbocycles. The molecule has 1 saturated carbocycles. The van der Waals surface area contributed by atoms with Crippen molar-refractivity contribution >= 4 is 17.5 Å². The second kappa shape index (κ2) is 5.86. The van der Waals surface area contributed by atoms with Crippen molar-refractivity contribution in [3.63, 3.8) is 0 Å². The van der Waals surface area contributed by atoms with Crippen LogP contribution in [0.5, 0.6) is 0 Å². The van der Waals surface area contributed by atoms with Gasteiger partial charge < -0.3 is 10.2 Å². The van der Waals surface area contributed by atoms with Crippen LogP contribution in [0.15, 0.2) is 17.8 Å². The maximum atomic E-state index is 13.2. The predicted molar refractivity (Wildman–Crippen MR) is 83.7 cm³/mol. The molecule has 124 valence electrons. The van der Waals surface area contributed by atoms with Gasteiger partial charge in [-0.1, -0.05) is 0 Å². The van der Waals surface area contributed by atoms with Gasteiger partial charge in [-0.3, -0.25) is 4.79 Å². The van der Waals surface area contributed by atoms with Crippen LogP contribution >= 0.6 is 0 Å². The second-order valence-corrected chi connectivity index (χ2v) is 6.31. The zero-order valence-corrected chi connectivity index (χ0v) is 13.3. The Balaban J connectivity index is 1.74. The van der Waals surface area contributed by atoms with Crippen molar-refractivity contribution in [3.8, 4) is 0 Å². The summed E-state index contributed by atoms with van der Waals surface area (Å²) < 4.78 is 26.5. The summed E-state index contributed by atoms with van der Waals surface area (Å²) in [6, 6.07) is 1.79. The predicted octanol–water partition coefficient (Wildman–Crippen LogP) is 3.07. The van der Waals surface area contributed by atoms with Crippen LogP contribution < -0.4 is 10.2 Å². The highest BCUT2D eigenvalue weighted by molar-refractivity contribution is 5.98. The fraction of sp³-hybridized carbons (Fsp3) is 0.562. The Kier molecular flexibility index (Phi) is 4.04. The molecule has 0 bridgehead atoms. The molecule has 23 heavy (non-hydrogen) atoms. The fourth-order valence-electron chi connectivity index (χ4n) is 3.01. The molecule has 0 atom stereocenters. The first-order valence-electron chi connectivity index (χ1n) is 7.81. The SMILES string of the molecule is CC1=CC(=O)CN1c1nc(C)cc(NC2CCC(F)(F)CC2)n1. The van der Waals surface area contributed by atoms with Crippen LogP contribution in [0.4, 0.5) is 20.5 Å². The highest BCUT2D eigenvalue weighted by Gasteiger charge is 2.35. The van der Waals surface area contributed by atoms with E-state index < -0.39 is 5.92 Å². The Morgan fingerprint density at radius 2 is 1.96 bits per heavy atom. The summed E-state index contributed by atoms with van der Waals surface area (Å²) in [5.41, 5.74) is 1.58. The molecular formula is C16H20F2N4O. The van der Waals surface area contributed by atoms with Crippen LogP contribution in [0.1, 0.15) is 38.3 Å². The van der Waals surface area contributed by atoms with E-state index in [4.69, 9.17) is 0 Å². The first kappa shape index (κ1) is 15.8. The summed E-state index contributed by atoms with van der Waals surface area (Å²) in [6.07, 6.45) is 2.23. The minimum Gasteiger partial charge on any atom is -0.367 e. The van der Waals surface area contributed by atoms with E-state index in [1.807, 2.05) is 13.8 Å². The molecule has 0 aromatic carbocycles. The second-order valence-electron chi connectivity index (χ2n) is 6.31. The number of nitrogens with zero attached hydrogens (tertiary/aromatic N) is 3. The number of allylic oxidation sites excluding steroid dienone is 1. The average molecular weight is 322 g/mol. The zero-order valence-electron chi connectivity index (χ0n) is 13.3. The standard InChI is InChI=1S/C16H20F2N4O/c1-10-7-14(20-12-3-5-16(17,18)6-4-12)21-15(19-10)22-9-13(23)8-11(22)2/h7-8,12H,3-6,9H2,1-2H3,(H,19,20,21). The van der Waals surface area contributed by atoms with Gasteiger partial charge in [0.05, 0.1) is 6.54 Å². The van der Waals surface area contributed by atoms with Gasteiger partial charge >= 0.3 is 0 Å². The number of aromatic nitrogens is 2. The average Bonchev–Trinajstić information content (AvgIpc) is 2.79. The van der Waals surface area contributed by atoms with Gasteiger partial charge in [0, 0.05) is 42.4 Å². The molecule has 0 saturated heterocycles. The summed E-state index contributed by atoms with van der Waals surface area (Å²) in [5.74, 6) is -1.43. The van der Waals surface area contributed by atoms with E-state index in [-0.39, 0.29) is 31.2 Å². The van der Waals surface area contributed by atoms with Gasteiger partial charge in [-0.25, -0.2) is 13.8 Å². The summed E-state index contributed by atoms with van der Waals surface area (Å²) >= 11 is 0. The van der Waals surface area contributed by atoms with E-state index in [1.165, 1.54) is 0 Å². The number of anilines is 2. The van der Waals surface area contributed by atoms with Crippen LogP contribution in [0.25, 0.3) is 0 Å². The van der Waals surface area contributed by atoms with Gasteiger partial charge in [0.2, 0.25) is 11.9 Å². The molecule has 0 unspecified atom stereocenters. The molecule has 1 fully saturated rings. The molecule has 0 radical (unpaired) electrons. The van der Waals surface area contributed by atoms with Gasteiger partial charge in [0.25, 0.3) is 0 Å². The summed E-state index contributed by atoms with van der Waals surface area (Å²) in [5, 5.41) is 3.23. The Hall–Kier alpha value is -2.05. The van der Waals surface area contributed by atoms with Crippen LogP contribution in [-0.2, 0) is 4.79 Å². The Bertz CT molecular complexity index is 649. The van der Waals surface area contributed by atoms with Gasteiger partial charge in [-0.15, -0.1) is 0 Å². The van der Waals surface area contributed by atoms with Crippen molar-refractivity contribution in [3.05, 3.63) is 23.5 Å². The normalized spacial score (nSPS) is 21.5. The zero-order chi connectivity index (χ0) is 16.6. The van der Waals surface area contributed by atoms with E-state index in [0.29, 0.717) is 24.6 Å². The van der Waals surface area contributed by atoms with Crippen molar-refractivity contribution in [2.45, 2.75) is 51.5 Å². The van der Waals surface area contributed by atoms with Crippen LogP contribution in [-0.4, -0.2) is 34.3 Å². The van der Waals surface area contributed by atoms with Gasteiger partial charge in [0.15, 0.2) is 5.78 Å². The number of nitrogens with one attached hydrogen (secondary N) is 1. The summed E-state index contributed by atoms with van der Waals surface area (Å²) in [7, 11) is 0. The lowest BCUT2D eigenvalue weighted by Gasteiger charge is -2.29. The molecule has 0 amide bonds. The number of alkyl halides is 2. The number of carbonyl (C=O) groups is 1. The largest absolute Gasteiger partial charge is 0.367 e. The third-order valence-corrected chi connectivity index (χ3v) is 4.26. The molecule has 2 aliphatic rings. The quantitative estimate of drug-likeness (QED) is 0.927. The summed E-state index contributed by atoms with van der Waals surface area (Å²) in [4.78, 5) is 22.1. The lowest BCUT2D eigenvalue weighted by Crippen LogP contribution is -2.32. The third kappa shape index (κ3) is 3.65. The Labute approximate surface area is 133 Å². The van der Waals surface area contributed by atoms with E-state index in [2.05, 4.69) is 15.3 Å². The molecule has 2 heterocycles. The number of rotatable bonds is 3. The van der Waals surface area contributed by atoms with Crippen molar-refractivity contribution in [1.29, 1.82) is 0 Å².